The highest BCUT2D eigenvalue weighted by molar-refractivity contribution is 6.84. The van der Waals surface area contributed by atoms with E-state index in [1.54, 1.807) is 0 Å². The van der Waals surface area contributed by atoms with Gasteiger partial charge in [0.15, 0.2) is 0 Å². The molecule has 2 aliphatic rings. The van der Waals surface area contributed by atoms with E-state index in [4.69, 9.17) is 0 Å². The van der Waals surface area contributed by atoms with Crippen LogP contribution in [0.4, 0.5) is 0 Å². The number of Topliss-reactive ketones (excluding diaryl/α,β-unsaturated/α-hetero) is 1. The summed E-state index contributed by atoms with van der Waals surface area (Å²) >= 11 is 0. The van der Waals surface area contributed by atoms with Gasteiger partial charge in [-0.15, -0.1) is 0 Å². The van der Waals surface area contributed by atoms with Gasteiger partial charge in [-0.3, -0.25) is 4.79 Å². The molecule has 0 amide bonds. The summed E-state index contributed by atoms with van der Waals surface area (Å²) in [6.45, 7) is 16.8. The maximum atomic E-state index is 12.8. The molecule has 2 heteroatoms. The molecule has 2 fully saturated rings. The molecule has 0 N–H and O–H groups in total. The molecule has 0 aromatic rings. The van der Waals surface area contributed by atoms with Crippen LogP contribution in [0, 0.1) is 11.3 Å². The molecule has 134 valence electrons. The van der Waals surface area contributed by atoms with Crippen LogP contribution in [-0.2, 0) is 4.79 Å². The van der Waals surface area contributed by atoms with E-state index in [1.165, 1.54) is 44.9 Å². The van der Waals surface area contributed by atoms with Crippen molar-refractivity contribution in [2.24, 2.45) is 11.3 Å². The molecule has 0 bridgehead atoms. The van der Waals surface area contributed by atoms with Gasteiger partial charge in [-0.2, -0.15) is 0 Å². The first-order valence-corrected chi connectivity index (χ1v) is 12.5. The van der Waals surface area contributed by atoms with E-state index >= 15 is 0 Å². The number of rotatable bonds is 5. The molecule has 0 aromatic carbocycles. The maximum absolute atomic E-state index is 12.8. The SMILES string of the molecule is CC(=O)[C@]12CCCCC[C@H]1C[C@@H]([Si](C(C)C)(C(C)C)C(C)C)C2. The van der Waals surface area contributed by atoms with Gasteiger partial charge in [-0.05, 0) is 44.1 Å². The summed E-state index contributed by atoms with van der Waals surface area (Å²) in [5.74, 6) is 1.21. The van der Waals surface area contributed by atoms with E-state index in [9.17, 15) is 4.79 Å². The highest BCUT2D eigenvalue weighted by Crippen LogP contribution is 2.64. The van der Waals surface area contributed by atoms with E-state index in [0.29, 0.717) is 11.7 Å². The summed E-state index contributed by atoms with van der Waals surface area (Å²) in [7, 11) is -1.44. The van der Waals surface area contributed by atoms with Gasteiger partial charge in [0.2, 0.25) is 0 Å². The van der Waals surface area contributed by atoms with E-state index in [0.717, 1.165) is 22.2 Å². The fourth-order valence-corrected chi connectivity index (χ4v) is 15.6. The fourth-order valence-electron chi connectivity index (χ4n) is 7.37. The molecule has 2 aliphatic carbocycles. The predicted octanol–water partition coefficient (Wildman–Crippen LogP) is 6.98. The second-order valence-corrected chi connectivity index (χ2v) is 15.9. The Bertz CT molecular complexity index is 404. The van der Waals surface area contributed by atoms with Crippen molar-refractivity contribution in [3.63, 3.8) is 0 Å². The molecule has 0 unspecified atom stereocenters. The van der Waals surface area contributed by atoms with E-state index in [-0.39, 0.29) is 5.41 Å². The molecule has 2 rings (SSSR count). The number of carbonyl (C=O) groups is 1. The normalized spacial score (nSPS) is 32.4. The Kier molecular flexibility index (Phi) is 5.86. The van der Waals surface area contributed by atoms with Gasteiger partial charge >= 0.3 is 0 Å². The van der Waals surface area contributed by atoms with Crippen LogP contribution in [0.15, 0.2) is 0 Å². The molecule has 0 aromatic heterocycles. The lowest BCUT2D eigenvalue weighted by molar-refractivity contribution is -0.129. The third-order valence-corrected chi connectivity index (χ3v) is 15.9. The molecule has 23 heavy (non-hydrogen) atoms. The van der Waals surface area contributed by atoms with Gasteiger partial charge in [0.25, 0.3) is 0 Å². The standard InChI is InChI=1S/C21H40OSi/c1-15(2)23(16(3)4,17(5)6)20-13-19-11-9-8-10-12-21(19,14-20)18(7)22/h15-17,19-20H,8-14H2,1-7H3/t19-,20+,21+/m0/s1. The van der Waals surface area contributed by atoms with Crippen LogP contribution in [0.1, 0.15) is 93.4 Å². The lowest BCUT2D eigenvalue weighted by Gasteiger charge is -2.48. The number of hydrogen-bond donors (Lipinski definition) is 0. The highest BCUT2D eigenvalue weighted by Gasteiger charge is 2.58. The van der Waals surface area contributed by atoms with Crippen molar-refractivity contribution in [3.05, 3.63) is 0 Å². The number of fused-ring (bicyclic) bond motifs is 1. The van der Waals surface area contributed by atoms with Crippen LogP contribution >= 0.6 is 0 Å². The predicted molar refractivity (Wildman–Crippen MR) is 104 cm³/mol. The minimum absolute atomic E-state index is 0.0537. The quantitative estimate of drug-likeness (QED) is 0.495. The summed E-state index contributed by atoms with van der Waals surface area (Å²) in [5.41, 5.74) is 3.36. The van der Waals surface area contributed by atoms with Gasteiger partial charge < -0.3 is 0 Å². The fraction of sp³-hybridized carbons (Fsp3) is 0.952. The summed E-state index contributed by atoms with van der Waals surface area (Å²) in [5, 5.41) is 0. The van der Waals surface area contributed by atoms with Crippen molar-refractivity contribution < 1.29 is 4.79 Å². The van der Waals surface area contributed by atoms with Crippen LogP contribution in [0.25, 0.3) is 0 Å². The van der Waals surface area contributed by atoms with Crippen molar-refractivity contribution in [2.75, 3.05) is 0 Å². The van der Waals surface area contributed by atoms with Crippen LogP contribution in [0.3, 0.4) is 0 Å². The Hall–Kier alpha value is -0.113. The van der Waals surface area contributed by atoms with Crippen LogP contribution in [0.2, 0.25) is 22.2 Å². The van der Waals surface area contributed by atoms with Crippen molar-refractivity contribution in [1.82, 2.24) is 0 Å². The van der Waals surface area contributed by atoms with Gasteiger partial charge in [0.1, 0.15) is 5.78 Å². The molecule has 0 saturated heterocycles. The van der Waals surface area contributed by atoms with Crippen LogP contribution < -0.4 is 0 Å². The van der Waals surface area contributed by atoms with Gasteiger partial charge in [-0.1, -0.05) is 77.4 Å². The van der Waals surface area contributed by atoms with Crippen molar-refractivity contribution in [2.45, 2.75) is 116 Å². The maximum Gasteiger partial charge on any atom is 0.136 e. The lowest BCUT2D eigenvalue weighted by Crippen LogP contribution is -2.48. The number of ketones is 1. The summed E-state index contributed by atoms with van der Waals surface area (Å²) in [6, 6.07) is 0. The van der Waals surface area contributed by atoms with Crippen molar-refractivity contribution in [1.29, 1.82) is 0 Å². The average molecular weight is 337 g/mol. The monoisotopic (exact) mass is 336 g/mol. The molecule has 0 spiro atoms. The van der Waals surface area contributed by atoms with Gasteiger partial charge in [-0.25, -0.2) is 0 Å². The van der Waals surface area contributed by atoms with E-state index in [1.807, 2.05) is 6.92 Å². The first-order valence-electron chi connectivity index (χ1n) is 10.2. The Labute approximate surface area is 146 Å². The van der Waals surface area contributed by atoms with Gasteiger partial charge in [0, 0.05) is 5.41 Å². The summed E-state index contributed by atoms with van der Waals surface area (Å²) in [6.07, 6.45) is 9.07. The van der Waals surface area contributed by atoms with E-state index < -0.39 is 8.07 Å². The first kappa shape index (κ1) is 19.2. The summed E-state index contributed by atoms with van der Waals surface area (Å²) < 4.78 is 0. The highest BCUT2D eigenvalue weighted by atomic mass is 28.3. The lowest BCUT2D eigenvalue weighted by atomic mass is 9.71. The molecule has 0 radical (unpaired) electrons. The Morgan fingerprint density at radius 3 is 2.00 bits per heavy atom. The smallest absolute Gasteiger partial charge is 0.136 e. The minimum Gasteiger partial charge on any atom is -0.299 e. The third-order valence-electron chi connectivity index (χ3n) is 8.04. The zero-order valence-electron chi connectivity index (χ0n) is 16.7. The second kappa shape index (κ2) is 7.02. The third kappa shape index (κ3) is 2.98. The van der Waals surface area contributed by atoms with Crippen molar-refractivity contribution >= 4 is 13.9 Å². The van der Waals surface area contributed by atoms with Crippen LogP contribution in [-0.4, -0.2) is 13.9 Å². The molecule has 2 saturated carbocycles. The molecule has 0 aliphatic heterocycles. The van der Waals surface area contributed by atoms with Crippen LogP contribution in [0.5, 0.6) is 0 Å². The Morgan fingerprint density at radius 1 is 0.957 bits per heavy atom. The molecular weight excluding hydrogens is 296 g/mol. The van der Waals surface area contributed by atoms with Gasteiger partial charge in [0.05, 0.1) is 8.07 Å². The van der Waals surface area contributed by atoms with Crippen molar-refractivity contribution in [3.8, 4) is 0 Å². The zero-order valence-corrected chi connectivity index (χ0v) is 17.7. The summed E-state index contributed by atoms with van der Waals surface area (Å²) in [4.78, 5) is 12.8. The van der Waals surface area contributed by atoms with E-state index in [2.05, 4.69) is 41.5 Å². The topological polar surface area (TPSA) is 17.1 Å². The second-order valence-electron chi connectivity index (χ2n) is 9.61. The molecular formula is C21H40OSi. The number of carbonyl (C=O) groups excluding carboxylic acids is 1. The number of hydrogen-bond acceptors (Lipinski definition) is 1. The Morgan fingerprint density at radius 2 is 1.52 bits per heavy atom. The minimum atomic E-state index is -1.44. The Balaban J connectivity index is 2.43. The molecule has 3 atom stereocenters. The zero-order chi connectivity index (χ0) is 17.4. The first-order chi connectivity index (χ1) is 10.7. The average Bonchev–Trinajstić information content (AvgIpc) is 2.66. The molecule has 0 heterocycles. The molecule has 1 nitrogen and oxygen atoms in total. The largest absolute Gasteiger partial charge is 0.299 e.